The van der Waals surface area contributed by atoms with Crippen LogP contribution in [0.3, 0.4) is 0 Å². The minimum Gasteiger partial charge on any atom is -0.246 e. The lowest BCUT2D eigenvalue weighted by Gasteiger charge is -2.09. The lowest BCUT2D eigenvalue weighted by molar-refractivity contribution is 0.486. The van der Waals surface area contributed by atoms with Crippen LogP contribution in [0.15, 0.2) is 46.9 Å². The molecule has 2 rings (SSSR count). The van der Waals surface area contributed by atoms with E-state index in [0.29, 0.717) is 10.6 Å². The Morgan fingerprint density at radius 1 is 1.06 bits per heavy atom. The summed E-state index contributed by atoms with van der Waals surface area (Å²) in [7, 11) is 0. The highest BCUT2D eigenvalue weighted by Gasteiger charge is 2.08. The van der Waals surface area contributed by atoms with Crippen LogP contribution in [0.5, 0.6) is 0 Å². The fourth-order valence-corrected chi connectivity index (χ4v) is 2.31. The van der Waals surface area contributed by atoms with Crippen molar-refractivity contribution in [3.63, 3.8) is 0 Å². The molecule has 0 heterocycles. The third-order valence-electron chi connectivity index (χ3n) is 2.38. The number of benzene rings is 2. The molecule has 0 N–H and O–H groups in total. The third-order valence-corrected chi connectivity index (χ3v) is 3.30. The van der Waals surface area contributed by atoms with Gasteiger partial charge in [0.1, 0.15) is 6.67 Å². The van der Waals surface area contributed by atoms with Crippen LogP contribution in [0.4, 0.5) is 4.39 Å². The second-order valence-corrected chi connectivity index (χ2v) is 4.71. The van der Waals surface area contributed by atoms with Gasteiger partial charge in [-0.1, -0.05) is 51.8 Å². The Labute approximate surface area is 107 Å². The van der Waals surface area contributed by atoms with Crippen LogP contribution in [-0.2, 0) is 6.67 Å². The molecule has 0 bridgehead atoms. The molecule has 2 aromatic rings. The SMILES string of the molecule is FCc1cc(Cl)ccc1-c1ccccc1Br. The molecular weight excluding hydrogens is 290 g/mol. The van der Waals surface area contributed by atoms with Crippen molar-refractivity contribution in [3.8, 4) is 11.1 Å². The van der Waals surface area contributed by atoms with Gasteiger partial charge in [0.15, 0.2) is 0 Å². The van der Waals surface area contributed by atoms with Crippen LogP contribution in [0, 0.1) is 0 Å². The van der Waals surface area contributed by atoms with E-state index in [1.165, 1.54) is 0 Å². The number of alkyl halides is 1. The van der Waals surface area contributed by atoms with Crippen molar-refractivity contribution in [2.45, 2.75) is 6.67 Å². The maximum Gasteiger partial charge on any atom is 0.115 e. The monoisotopic (exact) mass is 298 g/mol. The molecule has 82 valence electrons. The van der Waals surface area contributed by atoms with Crippen LogP contribution in [0.2, 0.25) is 5.02 Å². The van der Waals surface area contributed by atoms with Gasteiger partial charge in [-0.15, -0.1) is 0 Å². The van der Waals surface area contributed by atoms with Crippen molar-refractivity contribution in [2.24, 2.45) is 0 Å². The second kappa shape index (κ2) is 4.98. The van der Waals surface area contributed by atoms with Crippen LogP contribution in [0.1, 0.15) is 5.56 Å². The van der Waals surface area contributed by atoms with Gasteiger partial charge in [-0.05, 0) is 34.9 Å². The summed E-state index contributed by atoms with van der Waals surface area (Å²) in [6.45, 7) is -0.517. The van der Waals surface area contributed by atoms with Gasteiger partial charge in [-0.2, -0.15) is 0 Å². The summed E-state index contributed by atoms with van der Waals surface area (Å²) in [6.07, 6.45) is 0. The lowest BCUT2D eigenvalue weighted by Crippen LogP contribution is -1.87. The molecule has 0 aliphatic carbocycles. The van der Waals surface area contributed by atoms with Crippen LogP contribution < -0.4 is 0 Å². The predicted molar refractivity (Wildman–Crippen MR) is 69.4 cm³/mol. The molecule has 0 spiro atoms. The largest absolute Gasteiger partial charge is 0.246 e. The maximum absolute atomic E-state index is 12.9. The molecule has 0 atom stereocenters. The number of rotatable bonds is 2. The van der Waals surface area contributed by atoms with Crippen molar-refractivity contribution >= 4 is 27.5 Å². The average molecular weight is 300 g/mol. The van der Waals surface area contributed by atoms with Gasteiger partial charge < -0.3 is 0 Å². The van der Waals surface area contributed by atoms with Crippen LogP contribution in [-0.4, -0.2) is 0 Å². The minimum absolute atomic E-state index is 0.517. The van der Waals surface area contributed by atoms with Crippen molar-refractivity contribution < 1.29 is 4.39 Å². The Balaban J connectivity index is 2.60. The van der Waals surface area contributed by atoms with E-state index in [9.17, 15) is 4.39 Å². The van der Waals surface area contributed by atoms with Crippen LogP contribution in [0.25, 0.3) is 11.1 Å². The number of halogens is 3. The molecule has 16 heavy (non-hydrogen) atoms. The fraction of sp³-hybridized carbons (Fsp3) is 0.0769. The predicted octanol–water partition coefficient (Wildman–Crippen LogP) is 5.24. The van der Waals surface area contributed by atoms with E-state index in [2.05, 4.69) is 15.9 Å². The Morgan fingerprint density at radius 2 is 1.81 bits per heavy atom. The molecule has 0 aliphatic rings. The summed E-state index contributed by atoms with van der Waals surface area (Å²) in [5, 5.41) is 0.559. The van der Waals surface area contributed by atoms with E-state index in [1.807, 2.05) is 30.3 Å². The van der Waals surface area contributed by atoms with E-state index >= 15 is 0 Å². The normalized spacial score (nSPS) is 10.4. The summed E-state index contributed by atoms with van der Waals surface area (Å²) in [5.41, 5.74) is 2.46. The van der Waals surface area contributed by atoms with Gasteiger partial charge in [0, 0.05) is 9.50 Å². The first-order valence-corrected chi connectivity index (χ1v) is 5.99. The van der Waals surface area contributed by atoms with E-state index in [1.54, 1.807) is 12.1 Å². The van der Waals surface area contributed by atoms with Crippen molar-refractivity contribution in [2.75, 3.05) is 0 Å². The Hall–Kier alpha value is -0.860. The first-order valence-electron chi connectivity index (χ1n) is 4.81. The second-order valence-electron chi connectivity index (χ2n) is 3.41. The Bertz CT molecular complexity index is 511. The van der Waals surface area contributed by atoms with Gasteiger partial charge in [-0.3, -0.25) is 0 Å². The first kappa shape index (κ1) is 11.6. The van der Waals surface area contributed by atoms with E-state index in [-0.39, 0.29) is 0 Å². The molecule has 0 unspecified atom stereocenters. The highest BCUT2D eigenvalue weighted by atomic mass is 79.9. The smallest absolute Gasteiger partial charge is 0.115 e. The minimum atomic E-state index is -0.517. The first-order chi connectivity index (χ1) is 7.72. The van der Waals surface area contributed by atoms with Gasteiger partial charge in [-0.25, -0.2) is 4.39 Å². The van der Waals surface area contributed by atoms with Gasteiger partial charge >= 0.3 is 0 Å². The standard InChI is InChI=1S/C13H9BrClF/c14-13-4-2-1-3-12(13)11-6-5-10(15)7-9(11)8-16/h1-7H,8H2. The van der Waals surface area contributed by atoms with E-state index < -0.39 is 6.67 Å². The highest BCUT2D eigenvalue weighted by molar-refractivity contribution is 9.10. The molecule has 0 aromatic heterocycles. The molecule has 0 saturated heterocycles. The number of hydrogen-bond acceptors (Lipinski definition) is 0. The lowest BCUT2D eigenvalue weighted by atomic mass is 10.0. The van der Waals surface area contributed by atoms with Gasteiger partial charge in [0.25, 0.3) is 0 Å². The van der Waals surface area contributed by atoms with E-state index in [4.69, 9.17) is 11.6 Å². The zero-order valence-electron chi connectivity index (χ0n) is 8.38. The Morgan fingerprint density at radius 3 is 2.50 bits per heavy atom. The summed E-state index contributed by atoms with van der Waals surface area (Å²) < 4.78 is 13.9. The zero-order valence-corrected chi connectivity index (χ0v) is 10.7. The zero-order chi connectivity index (χ0) is 11.5. The fourth-order valence-electron chi connectivity index (χ4n) is 1.62. The van der Waals surface area contributed by atoms with Crippen LogP contribution >= 0.6 is 27.5 Å². The van der Waals surface area contributed by atoms with Crippen molar-refractivity contribution in [3.05, 3.63) is 57.5 Å². The molecule has 0 fully saturated rings. The molecule has 0 radical (unpaired) electrons. The molecule has 0 amide bonds. The molecule has 0 saturated carbocycles. The third kappa shape index (κ3) is 2.28. The summed E-state index contributed by atoms with van der Waals surface area (Å²) in [5.74, 6) is 0. The topological polar surface area (TPSA) is 0 Å². The maximum atomic E-state index is 12.9. The quantitative estimate of drug-likeness (QED) is 0.711. The average Bonchev–Trinajstić information content (AvgIpc) is 2.30. The highest BCUT2D eigenvalue weighted by Crippen LogP contribution is 2.32. The summed E-state index contributed by atoms with van der Waals surface area (Å²) >= 11 is 9.30. The van der Waals surface area contributed by atoms with E-state index in [0.717, 1.165) is 15.6 Å². The molecule has 0 aliphatic heterocycles. The van der Waals surface area contributed by atoms with Gasteiger partial charge in [0.2, 0.25) is 0 Å². The van der Waals surface area contributed by atoms with Crippen molar-refractivity contribution in [1.82, 2.24) is 0 Å². The summed E-state index contributed by atoms with van der Waals surface area (Å²) in [6, 6.07) is 13.0. The van der Waals surface area contributed by atoms with Gasteiger partial charge in [0.05, 0.1) is 0 Å². The molecular formula is C13H9BrClF. The number of hydrogen-bond donors (Lipinski definition) is 0. The molecule has 3 heteroatoms. The summed E-state index contributed by atoms with van der Waals surface area (Å²) in [4.78, 5) is 0. The molecule has 0 nitrogen and oxygen atoms in total. The van der Waals surface area contributed by atoms with Crippen molar-refractivity contribution in [1.29, 1.82) is 0 Å². The Kier molecular flexibility index (Phi) is 3.62. The molecule has 2 aromatic carbocycles.